The molecule has 0 bridgehead atoms. The molecule has 1 aliphatic rings. The lowest BCUT2D eigenvalue weighted by molar-refractivity contribution is 0.102. The molecule has 1 aliphatic heterocycles. The summed E-state index contributed by atoms with van der Waals surface area (Å²) in [6.45, 7) is 0.934. The molecule has 1 aromatic carbocycles. The van der Waals surface area contributed by atoms with Crippen LogP contribution in [0.4, 0.5) is 0 Å². The summed E-state index contributed by atoms with van der Waals surface area (Å²) in [5, 5.41) is 4.44. The minimum atomic E-state index is 0.351. The summed E-state index contributed by atoms with van der Waals surface area (Å²) in [5.41, 5.74) is 2.32. The summed E-state index contributed by atoms with van der Waals surface area (Å²) in [5.74, 6) is 0. The molecule has 0 amide bonds. The van der Waals surface area contributed by atoms with Gasteiger partial charge in [0.2, 0.25) is 0 Å². The van der Waals surface area contributed by atoms with E-state index in [1.54, 1.807) is 0 Å². The predicted molar refractivity (Wildman–Crippen MR) is 83.4 cm³/mol. The van der Waals surface area contributed by atoms with Crippen molar-refractivity contribution in [3.63, 3.8) is 0 Å². The summed E-state index contributed by atoms with van der Waals surface area (Å²) in [6, 6.07) is 10.2. The summed E-state index contributed by atoms with van der Waals surface area (Å²) >= 11 is 3.77. The summed E-state index contributed by atoms with van der Waals surface area (Å²) in [4.78, 5) is 0.351. The van der Waals surface area contributed by atoms with Gasteiger partial charge in [-0.15, -0.1) is 0 Å². The smallest absolute Gasteiger partial charge is 0.0645 e. The van der Waals surface area contributed by atoms with Gasteiger partial charge >= 0.3 is 0 Å². The number of hydrogen-bond acceptors (Lipinski definition) is 2. The summed E-state index contributed by atoms with van der Waals surface area (Å²) < 4.78 is 7.60. The topological polar surface area (TPSA) is 27.1 Å². The van der Waals surface area contributed by atoms with Gasteiger partial charge in [0.15, 0.2) is 0 Å². The monoisotopic (exact) mass is 334 g/mol. The summed E-state index contributed by atoms with van der Waals surface area (Å²) in [7, 11) is 0. The van der Waals surface area contributed by atoms with Gasteiger partial charge < -0.3 is 4.74 Å². The largest absolute Gasteiger partial charge is 0.378 e. The number of para-hydroxylation sites is 1. The van der Waals surface area contributed by atoms with Crippen molar-refractivity contribution in [2.45, 2.75) is 36.6 Å². The van der Waals surface area contributed by atoms with Gasteiger partial charge in [0, 0.05) is 23.2 Å². The van der Waals surface area contributed by atoms with Crippen LogP contribution in [0, 0.1) is 0 Å². The molecule has 2 heterocycles. The molecule has 1 saturated heterocycles. The maximum Gasteiger partial charge on any atom is 0.0645 e. The van der Waals surface area contributed by atoms with Crippen LogP contribution in [0.25, 0.3) is 5.69 Å². The maximum atomic E-state index is 5.67. The van der Waals surface area contributed by atoms with Crippen LogP contribution in [-0.4, -0.2) is 22.5 Å². The number of aromatic nitrogens is 2. The number of nitrogens with zero attached hydrogens (tertiary/aromatic N) is 2. The highest BCUT2D eigenvalue weighted by Crippen LogP contribution is 2.30. The fourth-order valence-electron chi connectivity index (χ4n) is 2.59. The molecule has 2 atom stereocenters. The van der Waals surface area contributed by atoms with Crippen molar-refractivity contribution in [1.82, 2.24) is 9.78 Å². The molecule has 0 saturated carbocycles. The second kappa shape index (κ2) is 6.55. The first-order valence-electron chi connectivity index (χ1n) is 7.18. The molecule has 4 heteroatoms. The third kappa shape index (κ3) is 3.30. The summed E-state index contributed by atoms with van der Waals surface area (Å²) in [6.07, 6.45) is 9.13. The van der Waals surface area contributed by atoms with Crippen LogP contribution < -0.4 is 0 Å². The van der Waals surface area contributed by atoms with Crippen molar-refractivity contribution in [3.8, 4) is 5.69 Å². The second-order valence-corrected chi connectivity index (χ2v) is 6.34. The Morgan fingerprint density at radius 2 is 2.20 bits per heavy atom. The number of benzene rings is 1. The van der Waals surface area contributed by atoms with Crippen LogP contribution in [0.5, 0.6) is 0 Å². The van der Waals surface area contributed by atoms with Crippen LogP contribution in [0.1, 0.15) is 36.1 Å². The first-order chi connectivity index (χ1) is 9.83. The Labute approximate surface area is 128 Å². The number of hydrogen-bond donors (Lipinski definition) is 0. The lowest BCUT2D eigenvalue weighted by Crippen LogP contribution is -2.05. The standard InChI is InChI=1S/C16H19BrN2O/c17-16(9-8-15-7-4-10-20-15)13-11-18-19(12-13)14-5-2-1-3-6-14/h1-3,5-6,11-12,15-16H,4,7-10H2. The number of ether oxygens (including phenoxy) is 1. The lowest BCUT2D eigenvalue weighted by Gasteiger charge is -2.11. The van der Waals surface area contributed by atoms with E-state index in [9.17, 15) is 0 Å². The van der Waals surface area contributed by atoms with E-state index in [4.69, 9.17) is 4.74 Å². The van der Waals surface area contributed by atoms with E-state index in [-0.39, 0.29) is 0 Å². The second-order valence-electron chi connectivity index (χ2n) is 5.23. The Kier molecular flexibility index (Phi) is 4.53. The lowest BCUT2D eigenvalue weighted by atomic mass is 10.1. The fraction of sp³-hybridized carbons (Fsp3) is 0.438. The molecule has 0 radical (unpaired) electrons. The Bertz CT molecular complexity index is 534. The van der Waals surface area contributed by atoms with Crippen LogP contribution in [0.3, 0.4) is 0 Å². The van der Waals surface area contributed by atoms with Crippen molar-refractivity contribution < 1.29 is 4.74 Å². The highest BCUT2D eigenvalue weighted by molar-refractivity contribution is 9.09. The quantitative estimate of drug-likeness (QED) is 0.763. The normalized spacial score (nSPS) is 20.1. The zero-order chi connectivity index (χ0) is 13.8. The average molecular weight is 335 g/mol. The molecule has 0 spiro atoms. The molecule has 2 aromatic rings. The van der Waals surface area contributed by atoms with Crippen LogP contribution >= 0.6 is 15.9 Å². The third-order valence-corrected chi connectivity index (χ3v) is 4.74. The third-order valence-electron chi connectivity index (χ3n) is 3.75. The van der Waals surface area contributed by atoms with Crippen LogP contribution in [-0.2, 0) is 4.74 Å². The van der Waals surface area contributed by atoms with Crippen LogP contribution in [0.15, 0.2) is 42.7 Å². The van der Waals surface area contributed by atoms with Gasteiger partial charge in [-0.2, -0.15) is 5.10 Å². The van der Waals surface area contributed by atoms with Gasteiger partial charge in [0.1, 0.15) is 0 Å². The molecule has 2 unspecified atom stereocenters. The Hall–Kier alpha value is -1.13. The van der Waals surface area contributed by atoms with Crippen molar-refractivity contribution in [2.24, 2.45) is 0 Å². The van der Waals surface area contributed by atoms with Gasteiger partial charge in [-0.25, -0.2) is 4.68 Å². The molecule has 0 N–H and O–H groups in total. The molecule has 3 rings (SSSR count). The van der Waals surface area contributed by atoms with E-state index in [1.165, 1.54) is 18.4 Å². The first kappa shape index (κ1) is 13.8. The van der Waals surface area contributed by atoms with E-state index < -0.39 is 0 Å². The van der Waals surface area contributed by atoms with Crippen molar-refractivity contribution in [3.05, 3.63) is 48.3 Å². The van der Waals surface area contributed by atoms with Crippen molar-refractivity contribution >= 4 is 15.9 Å². The van der Waals surface area contributed by atoms with Gasteiger partial charge in [-0.3, -0.25) is 0 Å². The Morgan fingerprint density at radius 3 is 2.95 bits per heavy atom. The molecular formula is C16H19BrN2O. The van der Waals surface area contributed by atoms with E-state index in [0.717, 1.165) is 25.1 Å². The van der Waals surface area contributed by atoms with E-state index in [1.807, 2.05) is 29.1 Å². The molecule has 106 valence electrons. The minimum Gasteiger partial charge on any atom is -0.378 e. The highest BCUT2D eigenvalue weighted by atomic mass is 79.9. The zero-order valence-corrected chi connectivity index (χ0v) is 13.0. The van der Waals surface area contributed by atoms with Gasteiger partial charge in [-0.1, -0.05) is 34.1 Å². The molecule has 1 fully saturated rings. The molecule has 1 aromatic heterocycles. The van der Waals surface area contributed by atoms with Gasteiger partial charge in [0.25, 0.3) is 0 Å². The van der Waals surface area contributed by atoms with E-state index >= 15 is 0 Å². The van der Waals surface area contributed by atoms with E-state index in [0.29, 0.717) is 10.9 Å². The first-order valence-corrected chi connectivity index (χ1v) is 8.10. The highest BCUT2D eigenvalue weighted by Gasteiger charge is 2.18. The van der Waals surface area contributed by atoms with E-state index in [2.05, 4.69) is 39.4 Å². The number of rotatable bonds is 5. The van der Waals surface area contributed by atoms with Crippen molar-refractivity contribution in [2.75, 3.05) is 6.61 Å². The molecular weight excluding hydrogens is 316 g/mol. The van der Waals surface area contributed by atoms with Crippen molar-refractivity contribution in [1.29, 1.82) is 0 Å². The Morgan fingerprint density at radius 1 is 1.35 bits per heavy atom. The average Bonchev–Trinajstić information content (AvgIpc) is 3.17. The predicted octanol–water partition coefficient (Wildman–Crippen LogP) is 4.27. The SMILES string of the molecule is BrC(CCC1CCCO1)c1cnn(-c2ccccc2)c1. The van der Waals surface area contributed by atoms with Gasteiger partial charge in [-0.05, 0) is 37.8 Å². The zero-order valence-electron chi connectivity index (χ0n) is 11.4. The van der Waals surface area contributed by atoms with Crippen LogP contribution in [0.2, 0.25) is 0 Å². The molecule has 3 nitrogen and oxygen atoms in total. The molecule has 0 aliphatic carbocycles. The Balaban J connectivity index is 1.61. The maximum absolute atomic E-state index is 5.67. The minimum absolute atomic E-state index is 0.351. The number of alkyl halides is 1. The fourth-order valence-corrected chi connectivity index (χ4v) is 3.09. The van der Waals surface area contributed by atoms with Gasteiger partial charge in [0.05, 0.1) is 18.0 Å². The molecule has 20 heavy (non-hydrogen) atoms. The number of halogens is 1.